The first-order valence-electron chi connectivity index (χ1n) is 9.11. The third kappa shape index (κ3) is 5.16. The monoisotopic (exact) mass is 425 g/mol. The standard InChI is InChI=1S/C22H20FN3O3S/c23-19-9-5-4-8-18(19)21(28)24-16-10-12-17(13-11-16)26(30)22(29)25-20(14-27)15-6-2-1-3-7-15/h1-13,20,27,30H,14H2,(H,24,28)(H,25,29). The van der Waals surface area contributed by atoms with Gasteiger partial charge in [-0.05, 0) is 42.0 Å². The van der Waals surface area contributed by atoms with Gasteiger partial charge in [0.2, 0.25) is 0 Å². The summed E-state index contributed by atoms with van der Waals surface area (Å²) in [5, 5.41) is 14.9. The largest absolute Gasteiger partial charge is 0.394 e. The van der Waals surface area contributed by atoms with E-state index in [4.69, 9.17) is 0 Å². The lowest BCUT2D eigenvalue weighted by molar-refractivity contribution is 0.102. The first-order chi connectivity index (χ1) is 14.5. The number of carbonyl (C=O) groups excluding carboxylic acids is 2. The van der Waals surface area contributed by atoms with E-state index in [2.05, 4.69) is 23.4 Å². The molecule has 3 N–H and O–H groups in total. The Balaban J connectivity index is 1.64. The van der Waals surface area contributed by atoms with E-state index in [-0.39, 0.29) is 12.2 Å². The lowest BCUT2D eigenvalue weighted by atomic mass is 10.1. The van der Waals surface area contributed by atoms with E-state index in [0.717, 1.165) is 9.87 Å². The van der Waals surface area contributed by atoms with Gasteiger partial charge in [0.1, 0.15) is 5.82 Å². The summed E-state index contributed by atoms with van der Waals surface area (Å²) in [6, 6.07) is 20.0. The third-order valence-electron chi connectivity index (χ3n) is 4.36. The predicted octanol–water partition coefficient (Wildman–Crippen LogP) is 4.17. The summed E-state index contributed by atoms with van der Waals surface area (Å²) in [5.41, 5.74) is 1.59. The van der Waals surface area contributed by atoms with E-state index in [1.807, 2.05) is 18.2 Å². The lowest BCUT2D eigenvalue weighted by Crippen LogP contribution is -2.38. The number of hydrogen-bond acceptors (Lipinski definition) is 4. The predicted molar refractivity (Wildman–Crippen MR) is 117 cm³/mol. The zero-order valence-corrected chi connectivity index (χ0v) is 16.7. The molecule has 0 spiro atoms. The number of urea groups is 1. The number of benzene rings is 3. The molecule has 0 aliphatic heterocycles. The number of nitrogens with one attached hydrogen (secondary N) is 2. The van der Waals surface area contributed by atoms with Crippen LogP contribution in [-0.2, 0) is 0 Å². The van der Waals surface area contributed by atoms with Gasteiger partial charge in [-0.1, -0.05) is 55.3 Å². The van der Waals surface area contributed by atoms with Gasteiger partial charge in [0, 0.05) is 5.69 Å². The molecule has 0 aliphatic carbocycles. The van der Waals surface area contributed by atoms with Crippen molar-refractivity contribution in [2.24, 2.45) is 0 Å². The molecule has 0 bridgehead atoms. The molecule has 8 heteroatoms. The highest BCUT2D eigenvalue weighted by Gasteiger charge is 2.18. The van der Waals surface area contributed by atoms with Crippen molar-refractivity contribution < 1.29 is 19.1 Å². The van der Waals surface area contributed by atoms with E-state index in [1.54, 1.807) is 42.5 Å². The van der Waals surface area contributed by atoms with Crippen LogP contribution in [0.2, 0.25) is 0 Å². The Bertz CT molecular complexity index is 1020. The van der Waals surface area contributed by atoms with Crippen molar-refractivity contribution in [2.45, 2.75) is 6.04 Å². The molecule has 3 aromatic carbocycles. The Hall–Kier alpha value is -3.36. The fraction of sp³-hybridized carbons (Fsp3) is 0.0909. The number of anilines is 2. The number of hydrogen-bond donors (Lipinski definition) is 4. The van der Waals surface area contributed by atoms with E-state index < -0.39 is 23.8 Å². The van der Waals surface area contributed by atoms with Gasteiger partial charge in [-0.15, -0.1) is 0 Å². The Morgan fingerprint density at radius 3 is 2.23 bits per heavy atom. The molecule has 154 valence electrons. The minimum atomic E-state index is -0.610. The minimum absolute atomic E-state index is 0.0623. The molecule has 30 heavy (non-hydrogen) atoms. The fourth-order valence-electron chi connectivity index (χ4n) is 2.78. The molecular formula is C22H20FN3O3S. The molecule has 0 saturated heterocycles. The van der Waals surface area contributed by atoms with Crippen LogP contribution in [0.25, 0.3) is 0 Å². The molecule has 3 aromatic rings. The van der Waals surface area contributed by atoms with Crippen molar-refractivity contribution in [3.8, 4) is 0 Å². The number of aliphatic hydroxyl groups excluding tert-OH is 1. The second-order valence-corrected chi connectivity index (χ2v) is 6.79. The van der Waals surface area contributed by atoms with Gasteiger partial charge in [-0.3, -0.25) is 4.79 Å². The minimum Gasteiger partial charge on any atom is -0.394 e. The summed E-state index contributed by atoms with van der Waals surface area (Å²) in [7, 11) is 0. The zero-order chi connectivity index (χ0) is 21.5. The molecule has 0 heterocycles. The Labute approximate surface area is 178 Å². The van der Waals surface area contributed by atoms with Crippen molar-refractivity contribution in [1.82, 2.24) is 5.32 Å². The summed E-state index contributed by atoms with van der Waals surface area (Å²) in [5.74, 6) is -1.18. The smallest absolute Gasteiger partial charge is 0.332 e. The average Bonchev–Trinajstić information content (AvgIpc) is 2.78. The summed E-state index contributed by atoms with van der Waals surface area (Å²) < 4.78 is 14.8. The van der Waals surface area contributed by atoms with Gasteiger partial charge in [0.15, 0.2) is 0 Å². The van der Waals surface area contributed by atoms with E-state index in [0.29, 0.717) is 11.4 Å². The van der Waals surface area contributed by atoms with Gasteiger partial charge < -0.3 is 15.7 Å². The van der Waals surface area contributed by atoms with Gasteiger partial charge in [-0.25, -0.2) is 13.5 Å². The van der Waals surface area contributed by atoms with Gasteiger partial charge >= 0.3 is 6.03 Å². The van der Waals surface area contributed by atoms with Crippen LogP contribution >= 0.6 is 12.8 Å². The molecule has 0 radical (unpaired) electrons. The van der Waals surface area contributed by atoms with E-state index in [1.165, 1.54) is 18.2 Å². The molecule has 6 nitrogen and oxygen atoms in total. The topological polar surface area (TPSA) is 81.7 Å². The number of thiol groups is 1. The van der Waals surface area contributed by atoms with Gasteiger partial charge in [0.25, 0.3) is 5.91 Å². The molecule has 1 atom stereocenters. The van der Waals surface area contributed by atoms with Crippen molar-refractivity contribution in [3.05, 3.63) is 95.8 Å². The van der Waals surface area contributed by atoms with Crippen molar-refractivity contribution in [1.29, 1.82) is 0 Å². The maximum absolute atomic E-state index is 13.7. The highest BCUT2D eigenvalue weighted by atomic mass is 32.1. The first-order valence-corrected chi connectivity index (χ1v) is 9.51. The van der Waals surface area contributed by atoms with Crippen molar-refractivity contribution in [2.75, 3.05) is 16.2 Å². The molecule has 1 unspecified atom stereocenters. The first kappa shape index (κ1) is 21.4. The van der Waals surface area contributed by atoms with Gasteiger partial charge in [-0.2, -0.15) is 0 Å². The molecular weight excluding hydrogens is 405 g/mol. The van der Waals surface area contributed by atoms with Crippen molar-refractivity contribution >= 4 is 36.1 Å². The Morgan fingerprint density at radius 1 is 0.967 bits per heavy atom. The maximum atomic E-state index is 13.7. The van der Waals surface area contributed by atoms with Crippen LogP contribution in [-0.4, -0.2) is 23.7 Å². The van der Waals surface area contributed by atoms with Crippen LogP contribution < -0.4 is 14.9 Å². The molecule has 3 amide bonds. The second-order valence-electron chi connectivity index (χ2n) is 6.39. The van der Waals surface area contributed by atoms with Crippen LogP contribution in [0.15, 0.2) is 78.9 Å². The molecule has 0 saturated carbocycles. The maximum Gasteiger partial charge on any atom is 0.332 e. The molecule has 0 aliphatic rings. The number of carbonyl (C=O) groups is 2. The molecule has 0 aromatic heterocycles. The second kappa shape index (κ2) is 9.91. The Kier molecular flexibility index (Phi) is 7.05. The summed E-state index contributed by atoms with van der Waals surface area (Å²) >= 11 is 4.22. The zero-order valence-electron chi connectivity index (χ0n) is 15.8. The number of amides is 3. The van der Waals surface area contributed by atoms with E-state index >= 15 is 0 Å². The van der Waals surface area contributed by atoms with Crippen LogP contribution in [0.1, 0.15) is 22.0 Å². The molecule has 3 rings (SSSR count). The third-order valence-corrected chi connectivity index (χ3v) is 4.78. The van der Waals surface area contributed by atoms with Crippen LogP contribution in [0.5, 0.6) is 0 Å². The number of aliphatic hydroxyl groups is 1. The SMILES string of the molecule is O=C(Nc1ccc(N(S)C(=O)NC(CO)c2ccccc2)cc1)c1ccccc1F. The fourth-order valence-corrected chi connectivity index (χ4v) is 2.97. The van der Waals surface area contributed by atoms with Crippen LogP contribution in [0.3, 0.4) is 0 Å². The summed E-state index contributed by atoms with van der Waals surface area (Å²) in [6.45, 7) is -0.265. The highest BCUT2D eigenvalue weighted by molar-refractivity contribution is 7.82. The quantitative estimate of drug-likeness (QED) is 0.448. The summed E-state index contributed by atoms with van der Waals surface area (Å²) in [6.07, 6.45) is 0. The Morgan fingerprint density at radius 2 is 1.60 bits per heavy atom. The molecule has 0 fully saturated rings. The number of nitrogens with zero attached hydrogens (tertiary/aromatic N) is 1. The van der Waals surface area contributed by atoms with Gasteiger partial charge in [0.05, 0.1) is 23.9 Å². The average molecular weight is 425 g/mol. The lowest BCUT2D eigenvalue weighted by Gasteiger charge is -2.22. The highest BCUT2D eigenvalue weighted by Crippen LogP contribution is 2.21. The van der Waals surface area contributed by atoms with E-state index in [9.17, 15) is 19.1 Å². The van der Waals surface area contributed by atoms with Crippen molar-refractivity contribution in [3.63, 3.8) is 0 Å². The number of halogens is 1. The van der Waals surface area contributed by atoms with Crippen LogP contribution in [0.4, 0.5) is 20.6 Å². The normalized spacial score (nSPS) is 11.4. The van der Waals surface area contributed by atoms with Crippen LogP contribution in [0, 0.1) is 5.82 Å². The summed E-state index contributed by atoms with van der Waals surface area (Å²) in [4.78, 5) is 24.7. The number of rotatable bonds is 6.